The Morgan fingerprint density at radius 1 is 0.943 bits per heavy atom. The van der Waals surface area contributed by atoms with E-state index in [0.717, 1.165) is 16.6 Å². The van der Waals surface area contributed by atoms with Gasteiger partial charge < -0.3 is 14.8 Å². The van der Waals surface area contributed by atoms with Crippen LogP contribution < -0.4 is 0 Å². The number of hydrogen-bond acceptors (Lipinski definition) is 4. The Bertz CT molecular complexity index is 1410. The fourth-order valence-electron chi connectivity index (χ4n) is 4.69. The highest BCUT2D eigenvalue weighted by Gasteiger charge is 2.20. The van der Waals surface area contributed by atoms with Gasteiger partial charge in [0.25, 0.3) is 0 Å². The second-order valence-electron chi connectivity index (χ2n) is 8.88. The van der Waals surface area contributed by atoms with Crippen LogP contribution in [0.2, 0.25) is 0 Å². The molecule has 0 aliphatic heterocycles. The predicted molar refractivity (Wildman–Crippen MR) is 141 cm³/mol. The average molecular weight is 465 g/mol. The van der Waals surface area contributed by atoms with Crippen molar-refractivity contribution >= 4 is 34.3 Å². The minimum absolute atomic E-state index is 0.00303. The first kappa shape index (κ1) is 22.7. The summed E-state index contributed by atoms with van der Waals surface area (Å²) in [5.74, 6) is -0.425. The van der Waals surface area contributed by atoms with Gasteiger partial charge in [0.1, 0.15) is 0 Å². The molecule has 5 nitrogen and oxygen atoms in total. The van der Waals surface area contributed by atoms with Crippen LogP contribution in [0.25, 0.3) is 17.0 Å². The lowest BCUT2D eigenvalue weighted by molar-refractivity contribution is 0.0601. The zero-order chi connectivity index (χ0) is 24.2. The molecule has 4 aromatic rings. The number of methoxy groups -OCH3 is 1. The Morgan fingerprint density at radius 2 is 1.69 bits per heavy atom. The van der Waals surface area contributed by atoms with Gasteiger partial charge in [-0.15, -0.1) is 0 Å². The number of ether oxygens (including phenoxy) is 1. The summed E-state index contributed by atoms with van der Waals surface area (Å²) in [5.41, 5.74) is 6.69. The number of rotatable bonds is 5. The second kappa shape index (κ2) is 10.0. The Kier molecular flexibility index (Phi) is 6.49. The van der Waals surface area contributed by atoms with E-state index in [0.29, 0.717) is 22.4 Å². The van der Waals surface area contributed by atoms with Crippen LogP contribution >= 0.6 is 0 Å². The number of benzene rings is 3. The molecule has 1 heterocycles. The highest BCUT2D eigenvalue weighted by Crippen LogP contribution is 2.32. The van der Waals surface area contributed by atoms with Crippen molar-refractivity contribution in [3.05, 3.63) is 101 Å². The summed E-state index contributed by atoms with van der Waals surface area (Å²) < 4.78 is 4.83. The molecule has 1 fully saturated rings. The average Bonchev–Trinajstić information content (AvgIpc) is 3.23. The number of nitrogens with zero attached hydrogens (tertiary/aromatic N) is 1. The van der Waals surface area contributed by atoms with Gasteiger partial charge in [-0.3, -0.25) is 0 Å². The van der Waals surface area contributed by atoms with Crippen LogP contribution in [0, 0.1) is 0 Å². The van der Waals surface area contributed by atoms with Gasteiger partial charge in [0.2, 0.25) is 0 Å². The maximum atomic E-state index is 12.0. The van der Waals surface area contributed by atoms with Crippen molar-refractivity contribution in [2.75, 3.05) is 7.11 Å². The molecule has 0 atom stereocenters. The molecule has 2 N–H and O–H groups in total. The van der Waals surface area contributed by atoms with Crippen molar-refractivity contribution in [1.29, 1.82) is 0 Å². The molecule has 0 saturated heterocycles. The molecule has 1 aromatic heterocycles. The number of aromatic hydroxyl groups is 1. The fourth-order valence-corrected chi connectivity index (χ4v) is 4.69. The van der Waals surface area contributed by atoms with Gasteiger partial charge in [-0.25, -0.2) is 9.79 Å². The molecule has 3 aromatic carbocycles. The number of aromatic nitrogens is 1. The van der Waals surface area contributed by atoms with E-state index >= 15 is 0 Å². The lowest BCUT2D eigenvalue weighted by atomic mass is 9.93. The Hall–Kier alpha value is -4.12. The van der Waals surface area contributed by atoms with E-state index in [2.05, 4.69) is 23.2 Å². The molecule has 0 amide bonds. The van der Waals surface area contributed by atoms with Crippen LogP contribution in [0.1, 0.15) is 59.2 Å². The van der Waals surface area contributed by atoms with Crippen molar-refractivity contribution in [3.8, 4) is 5.88 Å². The minimum atomic E-state index is -0.428. The normalized spacial score (nSPS) is 14.2. The van der Waals surface area contributed by atoms with E-state index in [1.165, 1.54) is 50.4 Å². The van der Waals surface area contributed by atoms with Gasteiger partial charge >= 0.3 is 5.97 Å². The summed E-state index contributed by atoms with van der Waals surface area (Å²) in [6.45, 7) is 0. The number of nitrogens with one attached hydrogen (secondary N) is 1. The lowest BCUT2D eigenvalue weighted by Gasteiger charge is -2.13. The Balaban J connectivity index is 1.57. The first-order valence-corrected chi connectivity index (χ1v) is 12.0. The van der Waals surface area contributed by atoms with E-state index in [-0.39, 0.29) is 5.88 Å². The number of H-pyrrole nitrogens is 1. The van der Waals surface area contributed by atoms with Gasteiger partial charge in [-0.1, -0.05) is 66.6 Å². The van der Waals surface area contributed by atoms with Gasteiger partial charge in [0.05, 0.1) is 29.6 Å². The number of aromatic amines is 1. The van der Waals surface area contributed by atoms with Crippen LogP contribution in [0.5, 0.6) is 5.88 Å². The van der Waals surface area contributed by atoms with Crippen LogP contribution in [0.3, 0.4) is 0 Å². The third-order valence-electron chi connectivity index (χ3n) is 6.48. The summed E-state index contributed by atoms with van der Waals surface area (Å²) in [6, 6.07) is 23.2. The third-order valence-corrected chi connectivity index (χ3v) is 6.48. The van der Waals surface area contributed by atoms with Crippen LogP contribution in [-0.2, 0) is 4.74 Å². The standard InChI is InChI=1S/C30H28N2O3/c1-35-30(34)23-14-17-25-26(19-23)32-29(33)27(25)28(22-10-6-3-7-11-22)31-24-15-12-21(13-16-24)18-20-8-4-2-5-9-20/h3,6-7,10-19,32-33H,2,4-5,8-9H2,1H3. The largest absolute Gasteiger partial charge is 0.494 e. The van der Waals surface area contributed by atoms with E-state index in [1.807, 2.05) is 48.5 Å². The molecule has 1 aliphatic rings. The van der Waals surface area contributed by atoms with Gasteiger partial charge in [0, 0.05) is 16.5 Å². The van der Waals surface area contributed by atoms with Gasteiger partial charge in [-0.05, 0) is 55.5 Å². The number of aliphatic imine (C=N–C) groups is 1. The number of fused-ring (bicyclic) bond motifs is 1. The number of hydrogen-bond donors (Lipinski definition) is 2. The van der Waals surface area contributed by atoms with Crippen LogP contribution in [0.15, 0.2) is 83.4 Å². The molecule has 0 radical (unpaired) electrons. The predicted octanol–water partition coefficient (Wildman–Crippen LogP) is 7.18. The molecular weight excluding hydrogens is 436 g/mol. The third kappa shape index (κ3) is 4.90. The summed E-state index contributed by atoms with van der Waals surface area (Å²) in [4.78, 5) is 19.9. The minimum Gasteiger partial charge on any atom is -0.494 e. The summed E-state index contributed by atoms with van der Waals surface area (Å²) in [5, 5.41) is 11.7. The van der Waals surface area contributed by atoms with Crippen LogP contribution in [0.4, 0.5) is 5.69 Å². The molecular formula is C30H28N2O3. The van der Waals surface area contributed by atoms with Crippen LogP contribution in [-0.4, -0.2) is 28.9 Å². The van der Waals surface area contributed by atoms with Crippen molar-refractivity contribution in [2.24, 2.45) is 4.99 Å². The maximum Gasteiger partial charge on any atom is 0.337 e. The summed E-state index contributed by atoms with van der Waals surface area (Å²) in [6.07, 6.45) is 8.58. The van der Waals surface area contributed by atoms with E-state index in [1.54, 1.807) is 12.1 Å². The van der Waals surface area contributed by atoms with Crippen molar-refractivity contribution < 1.29 is 14.6 Å². The fraction of sp³-hybridized carbons (Fsp3) is 0.200. The second-order valence-corrected chi connectivity index (χ2v) is 8.88. The molecule has 1 aliphatic carbocycles. The number of carbonyl (C=O) groups excluding carboxylic acids is 1. The number of allylic oxidation sites excluding steroid dienone is 1. The zero-order valence-corrected chi connectivity index (χ0v) is 19.8. The maximum absolute atomic E-state index is 12.0. The number of esters is 1. The monoisotopic (exact) mass is 464 g/mol. The first-order valence-electron chi connectivity index (χ1n) is 12.0. The zero-order valence-electron chi connectivity index (χ0n) is 19.8. The first-order chi connectivity index (χ1) is 17.1. The molecule has 5 heteroatoms. The van der Waals surface area contributed by atoms with E-state index in [4.69, 9.17) is 9.73 Å². The molecule has 176 valence electrons. The molecule has 1 saturated carbocycles. The van der Waals surface area contributed by atoms with E-state index < -0.39 is 5.97 Å². The van der Waals surface area contributed by atoms with Gasteiger partial charge in [0.15, 0.2) is 5.88 Å². The van der Waals surface area contributed by atoms with Gasteiger partial charge in [-0.2, -0.15) is 0 Å². The smallest absolute Gasteiger partial charge is 0.337 e. The van der Waals surface area contributed by atoms with Crippen molar-refractivity contribution in [2.45, 2.75) is 32.1 Å². The molecule has 0 bridgehead atoms. The molecule has 5 rings (SSSR count). The molecule has 35 heavy (non-hydrogen) atoms. The van der Waals surface area contributed by atoms with E-state index in [9.17, 15) is 9.90 Å². The number of carbonyl (C=O) groups is 1. The Morgan fingerprint density at radius 3 is 2.40 bits per heavy atom. The highest BCUT2D eigenvalue weighted by molar-refractivity contribution is 6.22. The lowest BCUT2D eigenvalue weighted by Crippen LogP contribution is -2.03. The molecule has 0 spiro atoms. The Labute approximate surface area is 204 Å². The topological polar surface area (TPSA) is 74.7 Å². The summed E-state index contributed by atoms with van der Waals surface area (Å²) in [7, 11) is 1.35. The van der Waals surface area contributed by atoms with Crippen molar-refractivity contribution in [3.63, 3.8) is 0 Å². The highest BCUT2D eigenvalue weighted by atomic mass is 16.5. The molecule has 0 unspecified atom stereocenters. The quantitative estimate of drug-likeness (QED) is 0.243. The van der Waals surface area contributed by atoms with Crippen molar-refractivity contribution in [1.82, 2.24) is 4.98 Å². The summed E-state index contributed by atoms with van der Waals surface area (Å²) >= 11 is 0. The SMILES string of the molecule is COC(=O)c1ccc2c(C(=Nc3ccc(C=C4CCCCC4)cc3)c3ccccc3)c(O)[nH]c2c1.